The summed E-state index contributed by atoms with van der Waals surface area (Å²) in [7, 11) is 0. The fraction of sp³-hybridized carbons (Fsp3) is 0.333. The molecule has 3 heteroatoms. The Morgan fingerprint density at radius 3 is 3.08 bits per heavy atom. The molecule has 0 atom stereocenters. The van der Waals surface area contributed by atoms with E-state index in [1.165, 1.54) is 0 Å². The lowest BCUT2D eigenvalue weighted by Gasteiger charge is -1.94. The van der Waals surface area contributed by atoms with Gasteiger partial charge in [-0.25, -0.2) is 4.98 Å². The molecule has 2 aromatic heterocycles. The van der Waals surface area contributed by atoms with Crippen molar-refractivity contribution in [1.29, 1.82) is 0 Å². The molecule has 0 saturated carbocycles. The van der Waals surface area contributed by atoms with E-state index >= 15 is 0 Å². The first kappa shape index (κ1) is 6.54. The highest BCUT2D eigenvalue weighted by molar-refractivity contribution is 7.18. The second kappa shape index (κ2) is 2.83. The molecular formula is C9H10N2S. The highest BCUT2D eigenvalue weighted by Crippen LogP contribution is 2.25. The maximum Gasteiger partial charge on any atom is 0.0998 e. The van der Waals surface area contributed by atoms with Gasteiger partial charge < -0.3 is 0 Å². The van der Waals surface area contributed by atoms with Crippen molar-refractivity contribution in [3.05, 3.63) is 23.4 Å². The number of pyridine rings is 1. The first-order valence-corrected chi connectivity index (χ1v) is 4.71. The Hall–Kier alpha value is -0.960. The van der Waals surface area contributed by atoms with E-state index in [0.717, 1.165) is 15.2 Å². The number of hydrogen-bond acceptors (Lipinski definition) is 3. The van der Waals surface area contributed by atoms with Crippen molar-refractivity contribution in [3.63, 3.8) is 0 Å². The van der Waals surface area contributed by atoms with Crippen LogP contribution < -0.4 is 0 Å². The molecule has 0 N–H and O–H groups in total. The molecule has 0 unspecified atom stereocenters. The van der Waals surface area contributed by atoms with E-state index < -0.39 is 0 Å². The minimum Gasteiger partial charge on any atom is -0.262 e. The zero-order chi connectivity index (χ0) is 9.42. The highest BCUT2D eigenvalue weighted by atomic mass is 32.1. The Balaban J connectivity index is 2.68. The van der Waals surface area contributed by atoms with Crippen molar-refractivity contribution < 1.29 is 1.37 Å². The quantitative estimate of drug-likeness (QED) is 0.674. The molecular weight excluding hydrogens is 168 g/mol. The molecule has 62 valence electrons. The topological polar surface area (TPSA) is 25.8 Å². The molecule has 0 radical (unpaired) electrons. The molecule has 0 saturated heterocycles. The third kappa shape index (κ3) is 1.20. The van der Waals surface area contributed by atoms with Crippen molar-refractivity contribution >= 4 is 21.6 Å². The Kier molecular flexibility index (Phi) is 1.54. The van der Waals surface area contributed by atoms with Gasteiger partial charge in [-0.05, 0) is 6.04 Å². The van der Waals surface area contributed by atoms with Crippen LogP contribution in [-0.2, 0) is 0 Å². The number of nitrogens with zero attached hydrogens (tertiary/aromatic N) is 2. The van der Waals surface area contributed by atoms with Crippen LogP contribution in [0.4, 0.5) is 0 Å². The van der Waals surface area contributed by atoms with E-state index in [4.69, 9.17) is 1.37 Å². The van der Waals surface area contributed by atoms with Gasteiger partial charge in [-0.3, -0.25) is 4.98 Å². The summed E-state index contributed by atoms with van der Waals surface area (Å²) in [5, 5.41) is 1.08. The van der Waals surface area contributed by atoms with Crippen LogP contribution >= 0.6 is 11.3 Å². The van der Waals surface area contributed by atoms with E-state index in [2.05, 4.69) is 23.8 Å². The summed E-state index contributed by atoms with van der Waals surface area (Å²) < 4.78 is 8.57. The van der Waals surface area contributed by atoms with Crippen LogP contribution in [0.3, 0.4) is 0 Å². The third-order valence-corrected chi connectivity index (χ3v) is 2.93. The van der Waals surface area contributed by atoms with Gasteiger partial charge in [0.15, 0.2) is 0 Å². The van der Waals surface area contributed by atoms with E-state index in [1.807, 2.05) is 0 Å². The molecule has 0 fully saturated rings. The van der Waals surface area contributed by atoms with Gasteiger partial charge >= 0.3 is 0 Å². The van der Waals surface area contributed by atoms with E-state index in [1.54, 1.807) is 23.7 Å². The first-order valence-electron chi connectivity index (χ1n) is 4.39. The second-order valence-electron chi connectivity index (χ2n) is 2.97. The summed E-state index contributed by atoms with van der Waals surface area (Å²) in [4.78, 5) is 8.35. The minimum absolute atomic E-state index is 0.428. The average molecular weight is 180 g/mol. The summed E-state index contributed by atoms with van der Waals surface area (Å²) in [5.41, 5.74) is 0.848. The van der Waals surface area contributed by atoms with Crippen molar-refractivity contribution in [3.8, 4) is 0 Å². The summed E-state index contributed by atoms with van der Waals surface area (Å²) in [5.74, 6) is 0.428. The zero-order valence-electron chi connectivity index (χ0n) is 8.03. The number of hydrogen-bond donors (Lipinski definition) is 0. The normalized spacial score (nSPS) is 12.4. The van der Waals surface area contributed by atoms with Crippen LogP contribution in [0, 0.1) is 0 Å². The van der Waals surface area contributed by atoms with Gasteiger partial charge in [0, 0.05) is 12.1 Å². The number of aromatic nitrogens is 2. The smallest absolute Gasteiger partial charge is 0.0998 e. The molecule has 0 amide bonds. The molecule has 2 heterocycles. The van der Waals surface area contributed by atoms with Crippen molar-refractivity contribution in [2.24, 2.45) is 0 Å². The predicted molar refractivity (Wildman–Crippen MR) is 51.5 cm³/mol. The fourth-order valence-electron chi connectivity index (χ4n) is 0.991. The van der Waals surface area contributed by atoms with Crippen LogP contribution in [0.1, 0.15) is 26.1 Å². The monoisotopic (exact) mass is 180 g/mol. The molecule has 0 spiro atoms. The predicted octanol–water partition coefficient (Wildman–Crippen LogP) is 2.81. The third-order valence-electron chi connectivity index (χ3n) is 1.63. The summed E-state index contributed by atoms with van der Waals surface area (Å²) >= 11 is 1.59. The molecule has 0 aliphatic rings. The number of thiazole rings is 1. The zero-order valence-corrected chi connectivity index (χ0v) is 7.85. The van der Waals surface area contributed by atoms with Gasteiger partial charge in [0.25, 0.3) is 0 Å². The summed E-state index contributed by atoms with van der Waals surface area (Å²) in [6.07, 6.45) is 3.28. The molecule has 0 aromatic carbocycles. The van der Waals surface area contributed by atoms with Crippen molar-refractivity contribution in [2.45, 2.75) is 19.8 Å². The highest BCUT2D eigenvalue weighted by Gasteiger charge is 2.05. The lowest BCUT2D eigenvalue weighted by Crippen LogP contribution is -1.82. The van der Waals surface area contributed by atoms with Crippen LogP contribution in [0.15, 0.2) is 18.4 Å². The Morgan fingerprint density at radius 1 is 1.58 bits per heavy atom. The SMILES string of the molecule is [3H]c1cncc2nc(C(C)C)sc12. The van der Waals surface area contributed by atoms with Crippen LogP contribution in [0.5, 0.6) is 0 Å². The fourth-order valence-corrected chi connectivity index (χ4v) is 1.89. The van der Waals surface area contributed by atoms with Gasteiger partial charge in [0.05, 0.1) is 22.8 Å². The first-order chi connectivity index (χ1) is 6.18. The van der Waals surface area contributed by atoms with Crippen LogP contribution in [0.25, 0.3) is 10.2 Å². The molecule has 2 rings (SSSR count). The minimum atomic E-state index is 0.428. The van der Waals surface area contributed by atoms with E-state index in [-0.39, 0.29) is 0 Å². The van der Waals surface area contributed by atoms with Gasteiger partial charge in [-0.1, -0.05) is 13.8 Å². The molecule has 0 aliphatic carbocycles. The number of fused-ring (bicyclic) bond motifs is 1. The summed E-state index contributed by atoms with van der Waals surface area (Å²) in [6.45, 7) is 4.21. The van der Waals surface area contributed by atoms with Crippen molar-refractivity contribution in [2.75, 3.05) is 0 Å². The molecule has 0 aliphatic heterocycles. The Labute approximate surface area is 76.7 Å². The largest absolute Gasteiger partial charge is 0.262 e. The standard InChI is InChI=1S/C9H10N2S/c1-6(2)9-11-7-5-10-4-3-8(7)12-9/h3-6H,1-2H3/i3T. The van der Waals surface area contributed by atoms with Crippen LogP contribution in [-0.4, -0.2) is 9.97 Å². The maximum absolute atomic E-state index is 7.63. The van der Waals surface area contributed by atoms with Gasteiger partial charge in [-0.15, -0.1) is 11.3 Å². The average Bonchev–Trinajstić information content (AvgIpc) is 2.49. The molecule has 2 nitrogen and oxygen atoms in total. The molecule has 2 aromatic rings. The van der Waals surface area contributed by atoms with Gasteiger partial charge in [0.1, 0.15) is 0 Å². The van der Waals surface area contributed by atoms with Gasteiger partial charge in [0.2, 0.25) is 0 Å². The number of rotatable bonds is 1. The Morgan fingerprint density at radius 2 is 2.42 bits per heavy atom. The van der Waals surface area contributed by atoms with Gasteiger partial charge in [-0.2, -0.15) is 0 Å². The maximum atomic E-state index is 7.63. The lowest BCUT2D eigenvalue weighted by molar-refractivity contribution is 0.856. The molecule has 0 bridgehead atoms. The second-order valence-corrected chi connectivity index (χ2v) is 4.00. The van der Waals surface area contributed by atoms with E-state index in [9.17, 15) is 0 Å². The van der Waals surface area contributed by atoms with E-state index in [0.29, 0.717) is 12.0 Å². The summed E-state index contributed by atoms with van der Waals surface area (Å²) in [6, 6.07) is 0.474. The Bertz CT molecular complexity index is 436. The van der Waals surface area contributed by atoms with Crippen LogP contribution in [0.2, 0.25) is 0 Å². The molecule has 12 heavy (non-hydrogen) atoms. The van der Waals surface area contributed by atoms with Crippen molar-refractivity contribution in [1.82, 2.24) is 9.97 Å². The lowest BCUT2D eigenvalue weighted by atomic mass is 10.2.